The molecule has 0 radical (unpaired) electrons. The van der Waals surface area contributed by atoms with Crippen molar-refractivity contribution in [3.63, 3.8) is 0 Å². The summed E-state index contributed by atoms with van der Waals surface area (Å²) >= 11 is 0.831. The highest BCUT2D eigenvalue weighted by molar-refractivity contribution is 8.18. The zero-order valence-electron chi connectivity index (χ0n) is 7.44. The fourth-order valence-corrected chi connectivity index (χ4v) is 1.52. The molecule has 1 rings (SSSR count). The summed E-state index contributed by atoms with van der Waals surface area (Å²) in [5.41, 5.74) is 0. The van der Waals surface area contributed by atoms with E-state index >= 15 is 0 Å². The number of hydrogen-bond acceptors (Lipinski definition) is 6. The van der Waals surface area contributed by atoms with Crippen LogP contribution >= 0.6 is 11.8 Å². The van der Waals surface area contributed by atoms with E-state index in [1.165, 1.54) is 0 Å². The second kappa shape index (κ2) is 4.25. The molecule has 3 N–H and O–H groups in total. The number of nitrogens with zero attached hydrogens (tertiary/aromatic N) is 1. The maximum Gasteiger partial charge on any atom is 0.332 e. The van der Waals surface area contributed by atoms with Crippen LogP contribution in [0.3, 0.4) is 0 Å². The maximum absolute atomic E-state index is 11.2. The summed E-state index contributed by atoms with van der Waals surface area (Å²) in [6, 6.07) is 0. The van der Waals surface area contributed by atoms with Crippen molar-refractivity contribution in [2.75, 3.05) is 6.61 Å². The number of carbonyl (C=O) groups is 2. The van der Waals surface area contributed by atoms with Crippen LogP contribution in [0.4, 0.5) is 0 Å². The molecule has 1 fully saturated rings. The molecule has 0 aromatic heterocycles. The highest BCUT2D eigenvalue weighted by atomic mass is 32.2. The molecule has 1 aliphatic rings. The van der Waals surface area contributed by atoms with Crippen molar-refractivity contribution < 1.29 is 14.3 Å². The van der Waals surface area contributed by atoms with Gasteiger partial charge in [-0.2, -0.15) is 0 Å². The zero-order chi connectivity index (χ0) is 10.7. The van der Waals surface area contributed by atoms with Crippen LogP contribution < -0.4 is 5.84 Å². The average molecular weight is 215 g/mol. The van der Waals surface area contributed by atoms with Crippen LogP contribution in [-0.2, 0) is 14.3 Å². The van der Waals surface area contributed by atoms with Gasteiger partial charge in [0.25, 0.3) is 5.91 Å². The monoisotopic (exact) mass is 215 g/mol. The van der Waals surface area contributed by atoms with Crippen LogP contribution in [-0.4, -0.2) is 28.7 Å². The van der Waals surface area contributed by atoms with Gasteiger partial charge in [0.1, 0.15) is 0 Å². The number of ether oxygens (including phenoxy) is 1. The van der Waals surface area contributed by atoms with E-state index in [-0.39, 0.29) is 16.7 Å². The molecule has 0 atom stereocenters. The average Bonchev–Trinajstić information content (AvgIpc) is 2.34. The van der Waals surface area contributed by atoms with Crippen molar-refractivity contribution in [3.8, 4) is 0 Å². The predicted molar refractivity (Wildman–Crippen MR) is 51.1 cm³/mol. The molecular weight excluding hydrogens is 206 g/mol. The van der Waals surface area contributed by atoms with Crippen LogP contribution in [0.2, 0.25) is 0 Å². The number of amides is 1. The molecule has 0 spiro atoms. The molecule has 1 aliphatic heterocycles. The zero-order valence-corrected chi connectivity index (χ0v) is 8.26. The van der Waals surface area contributed by atoms with E-state index in [0.29, 0.717) is 5.01 Å². The lowest BCUT2D eigenvalue weighted by molar-refractivity contribution is -0.137. The van der Waals surface area contributed by atoms with Crippen molar-refractivity contribution in [1.82, 2.24) is 5.01 Å². The summed E-state index contributed by atoms with van der Waals surface area (Å²) in [5, 5.41) is 7.78. The van der Waals surface area contributed by atoms with Gasteiger partial charge in [-0.3, -0.25) is 10.2 Å². The number of esters is 1. The van der Waals surface area contributed by atoms with Gasteiger partial charge in [-0.1, -0.05) is 0 Å². The number of amidine groups is 1. The lowest BCUT2D eigenvalue weighted by Gasteiger charge is -2.02. The molecule has 76 valence electrons. The molecule has 6 nitrogen and oxygen atoms in total. The summed E-state index contributed by atoms with van der Waals surface area (Å²) in [4.78, 5) is 22.3. The van der Waals surface area contributed by atoms with Gasteiger partial charge in [0, 0.05) is 6.08 Å². The standard InChI is InChI=1S/C7H9N3O3S/c1-2-13-5(11)3-4-6(12)10(9)7(8)14-4/h3,8H,2,9H2,1H3/b4-3-,8-7?. The molecule has 1 saturated heterocycles. The van der Waals surface area contributed by atoms with Crippen molar-refractivity contribution in [2.24, 2.45) is 5.84 Å². The summed E-state index contributed by atoms with van der Waals surface area (Å²) in [7, 11) is 0. The Morgan fingerprint density at radius 2 is 2.43 bits per heavy atom. The largest absolute Gasteiger partial charge is 0.463 e. The molecule has 1 heterocycles. The molecule has 7 heteroatoms. The van der Waals surface area contributed by atoms with Gasteiger partial charge >= 0.3 is 5.97 Å². The first-order valence-electron chi connectivity index (χ1n) is 3.80. The number of hydrazine groups is 1. The third-order valence-electron chi connectivity index (χ3n) is 1.39. The Bertz CT molecular complexity index is 326. The third-order valence-corrected chi connectivity index (χ3v) is 2.29. The minimum Gasteiger partial charge on any atom is -0.463 e. The Morgan fingerprint density at radius 3 is 2.86 bits per heavy atom. The summed E-state index contributed by atoms with van der Waals surface area (Å²) in [6.45, 7) is 1.91. The fourth-order valence-electron chi connectivity index (χ4n) is 0.790. The van der Waals surface area contributed by atoms with E-state index in [1.807, 2.05) is 0 Å². The Morgan fingerprint density at radius 1 is 1.79 bits per heavy atom. The third kappa shape index (κ3) is 2.12. The number of carbonyl (C=O) groups excluding carboxylic acids is 2. The molecule has 0 unspecified atom stereocenters. The fraction of sp³-hybridized carbons (Fsp3) is 0.286. The molecule has 0 saturated carbocycles. The molecule has 14 heavy (non-hydrogen) atoms. The lowest BCUT2D eigenvalue weighted by atomic mass is 10.4. The number of thioether (sulfide) groups is 1. The quantitative estimate of drug-likeness (QED) is 0.288. The number of rotatable bonds is 2. The van der Waals surface area contributed by atoms with E-state index in [1.54, 1.807) is 6.92 Å². The van der Waals surface area contributed by atoms with Gasteiger partial charge in [0.15, 0.2) is 5.17 Å². The Hall–Kier alpha value is -1.34. The van der Waals surface area contributed by atoms with Crippen molar-refractivity contribution >= 4 is 28.8 Å². The molecule has 0 aromatic rings. The number of nitrogens with two attached hydrogens (primary N) is 1. The number of hydrogen-bond donors (Lipinski definition) is 2. The summed E-state index contributed by atoms with van der Waals surface area (Å²) in [6.07, 6.45) is 1.04. The Labute approximate surface area is 84.5 Å². The van der Waals surface area contributed by atoms with Crippen LogP contribution in [0.25, 0.3) is 0 Å². The van der Waals surface area contributed by atoms with Crippen LogP contribution in [0.15, 0.2) is 11.0 Å². The van der Waals surface area contributed by atoms with Crippen LogP contribution in [0, 0.1) is 5.41 Å². The Balaban J connectivity index is 2.76. The summed E-state index contributed by atoms with van der Waals surface area (Å²) < 4.78 is 4.61. The van der Waals surface area contributed by atoms with Gasteiger partial charge in [-0.15, -0.1) is 0 Å². The summed E-state index contributed by atoms with van der Waals surface area (Å²) in [5.74, 6) is 4.04. The lowest BCUT2D eigenvalue weighted by Crippen LogP contribution is -2.35. The highest BCUT2D eigenvalue weighted by Crippen LogP contribution is 2.27. The van der Waals surface area contributed by atoms with Crippen LogP contribution in [0.1, 0.15) is 6.92 Å². The minimum absolute atomic E-state index is 0.106. The van der Waals surface area contributed by atoms with Gasteiger partial charge in [-0.05, 0) is 18.7 Å². The second-order valence-corrected chi connectivity index (χ2v) is 3.37. The molecule has 1 amide bonds. The minimum atomic E-state index is -0.605. The van der Waals surface area contributed by atoms with Crippen LogP contribution in [0.5, 0.6) is 0 Å². The molecular formula is C7H9N3O3S. The first-order valence-corrected chi connectivity index (χ1v) is 4.62. The van der Waals surface area contributed by atoms with Crippen molar-refractivity contribution in [3.05, 3.63) is 11.0 Å². The first kappa shape index (κ1) is 10.7. The van der Waals surface area contributed by atoms with Crippen molar-refractivity contribution in [2.45, 2.75) is 6.92 Å². The smallest absolute Gasteiger partial charge is 0.332 e. The van der Waals surface area contributed by atoms with E-state index in [4.69, 9.17) is 11.3 Å². The van der Waals surface area contributed by atoms with E-state index in [0.717, 1.165) is 17.8 Å². The van der Waals surface area contributed by atoms with E-state index in [2.05, 4.69) is 4.74 Å². The Kier molecular flexibility index (Phi) is 3.26. The topological polar surface area (TPSA) is 96.5 Å². The van der Waals surface area contributed by atoms with E-state index < -0.39 is 11.9 Å². The molecule has 0 aromatic carbocycles. The second-order valence-electron chi connectivity index (χ2n) is 2.34. The molecule has 0 aliphatic carbocycles. The number of nitrogens with one attached hydrogen (secondary N) is 1. The van der Waals surface area contributed by atoms with E-state index in [9.17, 15) is 9.59 Å². The SMILES string of the molecule is CCOC(=O)/C=C1\SC(=N)N(N)C1=O. The first-order chi connectivity index (χ1) is 6.56. The normalized spacial score (nSPS) is 19.3. The highest BCUT2D eigenvalue weighted by Gasteiger charge is 2.30. The van der Waals surface area contributed by atoms with Gasteiger partial charge < -0.3 is 4.74 Å². The molecule has 0 bridgehead atoms. The maximum atomic E-state index is 11.2. The van der Waals surface area contributed by atoms with Gasteiger partial charge in [0.05, 0.1) is 11.5 Å². The predicted octanol–water partition coefficient (Wildman–Crippen LogP) is -0.183. The van der Waals surface area contributed by atoms with Crippen molar-refractivity contribution in [1.29, 1.82) is 5.41 Å². The van der Waals surface area contributed by atoms with Gasteiger partial charge in [0.2, 0.25) is 0 Å². The van der Waals surface area contributed by atoms with Gasteiger partial charge in [-0.25, -0.2) is 15.6 Å².